The molecule has 0 aliphatic rings. The van der Waals surface area contributed by atoms with Gasteiger partial charge >= 0.3 is 0 Å². The minimum Gasteiger partial charge on any atom is -0.331 e. The highest BCUT2D eigenvalue weighted by Gasteiger charge is 2.09. The van der Waals surface area contributed by atoms with E-state index in [1.54, 1.807) is 12.3 Å². The summed E-state index contributed by atoms with van der Waals surface area (Å²) in [5.41, 5.74) is 2.87. The molecule has 0 aliphatic heterocycles. The summed E-state index contributed by atoms with van der Waals surface area (Å²) in [5.74, 6) is 0. The summed E-state index contributed by atoms with van der Waals surface area (Å²) in [5, 5.41) is 5.18. The van der Waals surface area contributed by atoms with Crippen molar-refractivity contribution in [2.24, 2.45) is 7.05 Å². The second-order valence-corrected chi connectivity index (χ2v) is 5.45. The molecule has 3 aromatic rings. The number of hydrogen-bond donors (Lipinski definition) is 1. The molecule has 2 heterocycles. The number of halogens is 2. The minimum absolute atomic E-state index is 0.512. The SMILES string of the molecule is Cn1nccc1Cn1c(=S)[nH]c2cc(Cl)c(Cl)cc21. The Bertz CT molecular complexity index is 815. The number of imidazole rings is 1. The molecule has 0 saturated heterocycles. The fraction of sp³-hybridized carbons (Fsp3) is 0.167. The van der Waals surface area contributed by atoms with Crippen LogP contribution in [0.4, 0.5) is 0 Å². The number of aromatic amines is 1. The van der Waals surface area contributed by atoms with E-state index in [-0.39, 0.29) is 0 Å². The molecule has 0 saturated carbocycles. The number of H-pyrrole nitrogens is 1. The van der Waals surface area contributed by atoms with E-state index in [2.05, 4.69) is 10.1 Å². The molecule has 98 valence electrons. The molecule has 3 rings (SSSR count). The molecule has 1 N–H and O–H groups in total. The third-order valence-corrected chi connectivity index (χ3v) is 4.10. The molecule has 4 nitrogen and oxygen atoms in total. The average molecular weight is 313 g/mol. The predicted octanol–water partition coefficient (Wildman–Crippen LogP) is 3.79. The first-order chi connectivity index (χ1) is 9.06. The third kappa shape index (κ3) is 2.18. The Morgan fingerprint density at radius 3 is 2.74 bits per heavy atom. The summed E-state index contributed by atoms with van der Waals surface area (Å²) in [6.45, 7) is 0.632. The van der Waals surface area contributed by atoms with Gasteiger partial charge in [-0.15, -0.1) is 0 Å². The van der Waals surface area contributed by atoms with Gasteiger partial charge in [-0.1, -0.05) is 23.2 Å². The van der Waals surface area contributed by atoms with Crippen LogP contribution >= 0.6 is 35.4 Å². The Morgan fingerprint density at radius 2 is 2.05 bits per heavy atom. The molecule has 0 atom stereocenters. The number of aryl methyl sites for hydroxylation is 1. The predicted molar refractivity (Wildman–Crippen MR) is 79.5 cm³/mol. The van der Waals surface area contributed by atoms with Crippen molar-refractivity contribution in [3.8, 4) is 0 Å². The van der Waals surface area contributed by atoms with E-state index >= 15 is 0 Å². The number of benzene rings is 1. The van der Waals surface area contributed by atoms with Crippen LogP contribution in [0.3, 0.4) is 0 Å². The van der Waals surface area contributed by atoms with Crippen LogP contribution in [-0.2, 0) is 13.6 Å². The van der Waals surface area contributed by atoms with Crippen LogP contribution in [0.2, 0.25) is 10.0 Å². The van der Waals surface area contributed by atoms with Crippen molar-refractivity contribution in [1.29, 1.82) is 0 Å². The van der Waals surface area contributed by atoms with Crippen LogP contribution in [0, 0.1) is 4.77 Å². The van der Waals surface area contributed by atoms with Crippen LogP contribution in [0.5, 0.6) is 0 Å². The van der Waals surface area contributed by atoms with E-state index in [9.17, 15) is 0 Å². The van der Waals surface area contributed by atoms with E-state index in [1.165, 1.54) is 0 Å². The van der Waals surface area contributed by atoms with Crippen LogP contribution in [-0.4, -0.2) is 19.3 Å². The fourth-order valence-electron chi connectivity index (χ4n) is 2.03. The summed E-state index contributed by atoms with van der Waals surface area (Å²) in [6, 6.07) is 5.56. The monoisotopic (exact) mass is 312 g/mol. The topological polar surface area (TPSA) is 38.5 Å². The molecular formula is C12H10Cl2N4S. The first-order valence-electron chi connectivity index (χ1n) is 5.60. The Labute approximate surface area is 124 Å². The number of fused-ring (bicyclic) bond motifs is 1. The second-order valence-electron chi connectivity index (χ2n) is 4.25. The normalized spacial score (nSPS) is 11.3. The number of rotatable bonds is 2. The Balaban J connectivity index is 2.18. The quantitative estimate of drug-likeness (QED) is 0.731. The number of hydrogen-bond acceptors (Lipinski definition) is 2. The zero-order valence-electron chi connectivity index (χ0n) is 10.0. The smallest absolute Gasteiger partial charge is 0.178 e. The van der Waals surface area contributed by atoms with Crippen molar-refractivity contribution in [3.05, 3.63) is 44.9 Å². The van der Waals surface area contributed by atoms with Gasteiger partial charge in [0, 0.05) is 13.2 Å². The van der Waals surface area contributed by atoms with Crippen molar-refractivity contribution in [2.75, 3.05) is 0 Å². The van der Waals surface area contributed by atoms with Crippen molar-refractivity contribution < 1.29 is 0 Å². The number of nitrogens with one attached hydrogen (secondary N) is 1. The van der Waals surface area contributed by atoms with Gasteiger partial charge in [0.2, 0.25) is 0 Å². The Morgan fingerprint density at radius 1 is 1.32 bits per heavy atom. The summed E-state index contributed by atoms with van der Waals surface area (Å²) in [7, 11) is 1.90. The highest BCUT2D eigenvalue weighted by molar-refractivity contribution is 7.71. The molecule has 2 aromatic heterocycles. The third-order valence-electron chi connectivity index (χ3n) is 3.06. The summed E-state index contributed by atoms with van der Waals surface area (Å²) >= 11 is 17.4. The molecule has 0 radical (unpaired) electrons. The van der Waals surface area contributed by atoms with Gasteiger partial charge in [0.05, 0.1) is 33.3 Å². The van der Waals surface area contributed by atoms with Gasteiger partial charge in [-0.05, 0) is 30.4 Å². The standard InChI is InChI=1S/C12H10Cl2N4S/c1-17-7(2-3-15-17)6-18-11-5-9(14)8(13)4-10(11)16-12(18)19/h2-5H,6H2,1H3,(H,16,19). The van der Waals surface area contributed by atoms with Gasteiger partial charge in [-0.3, -0.25) is 4.68 Å². The van der Waals surface area contributed by atoms with Crippen LogP contribution in [0.15, 0.2) is 24.4 Å². The lowest BCUT2D eigenvalue weighted by Gasteiger charge is -2.05. The average Bonchev–Trinajstić information content (AvgIpc) is 2.88. The highest BCUT2D eigenvalue weighted by Crippen LogP contribution is 2.28. The maximum atomic E-state index is 6.07. The molecule has 7 heteroatoms. The molecule has 0 amide bonds. The van der Waals surface area contributed by atoms with Crippen LogP contribution in [0.1, 0.15) is 5.69 Å². The molecular weight excluding hydrogens is 303 g/mol. The van der Waals surface area contributed by atoms with Crippen LogP contribution in [0.25, 0.3) is 11.0 Å². The Hall–Kier alpha value is -1.30. The molecule has 1 aromatic carbocycles. The van der Waals surface area contributed by atoms with E-state index in [1.807, 2.05) is 28.4 Å². The van der Waals surface area contributed by atoms with Crippen LogP contribution < -0.4 is 0 Å². The number of aromatic nitrogens is 4. The van der Waals surface area contributed by atoms with Gasteiger partial charge in [-0.25, -0.2) is 0 Å². The largest absolute Gasteiger partial charge is 0.331 e. The maximum absolute atomic E-state index is 6.07. The van der Waals surface area contributed by atoms with Gasteiger partial charge in [0.25, 0.3) is 0 Å². The van der Waals surface area contributed by atoms with Gasteiger partial charge in [-0.2, -0.15) is 5.10 Å². The molecule has 0 aliphatic carbocycles. The molecule has 0 fully saturated rings. The van der Waals surface area contributed by atoms with Gasteiger partial charge in [0.1, 0.15) is 0 Å². The van der Waals surface area contributed by atoms with E-state index in [0.717, 1.165) is 16.7 Å². The van der Waals surface area contributed by atoms with E-state index in [0.29, 0.717) is 21.4 Å². The zero-order chi connectivity index (χ0) is 13.6. The molecule has 0 bridgehead atoms. The summed E-state index contributed by atoms with van der Waals surface area (Å²) < 4.78 is 4.43. The van der Waals surface area contributed by atoms with E-state index < -0.39 is 0 Å². The second kappa shape index (κ2) is 4.67. The van der Waals surface area contributed by atoms with E-state index in [4.69, 9.17) is 35.4 Å². The van der Waals surface area contributed by atoms with Gasteiger partial charge < -0.3 is 9.55 Å². The van der Waals surface area contributed by atoms with Crippen molar-refractivity contribution in [1.82, 2.24) is 19.3 Å². The summed E-state index contributed by atoms with van der Waals surface area (Å²) in [4.78, 5) is 3.13. The lowest BCUT2D eigenvalue weighted by molar-refractivity contribution is 0.671. The fourth-order valence-corrected chi connectivity index (χ4v) is 2.62. The Kier molecular flexibility index (Phi) is 3.12. The first-order valence-corrected chi connectivity index (χ1v) is 6.77. The highest BCUT2D eigenvalue weighted by atomic mass is 35.5. The van der Waals surface area contributed by atoms with Gasteiger partial charge in [0.15, 0.2) is 4.77 Å². The van der Waals surface area contributed by atoms with Crippen molar-refractivity contribution >= 4 is 46.5 Å². The first kappa shape index (κ1) is 12.7. The molecule has 0 spiro atoms. The lowest BCUT2D eigenvalue weighted by Crippen LogP contribution is -2.05. The molecule has 0 unspecified atom stereocenters. The minimum atomic E-state index is 0.512. The summed E-state index contributed by atoms with van der Waals surface area (Å²) in [6.07, 6.45) is 1.76. The number of nitrogens with zero attached hydrogens (tertiary/aromatic N) is 3. The lowest BCUT2D eigenvalue weighted by atomic mass is 10.3. The van der Waals surface area contributed by atoms with Crippen molar-refractivity contribution in [2.45, 2.75) is 6.54 Å². The van der Waals surface area contributed by atoms with Crippen molar-refractivity contribution in [3.63, 3.8) is 0 Å². The molecule has 19 heavy (non-hydrogen) atoms. The maximum Gasteiger partial charge on any atom is 0.178 e. The zero-order valence-corrected chi connectivity index (χ0v) is 12.4.